The molecule has 1 saturated heterocycles. The first-order chi connectivity index (χ1) is 23.4. The van der Waals surface area contributed by atoms with Gasteiger partial charge in [-0.2, -0.15) is 0 Å². The monoisotopic (exact) mass is 653 g/mol. The first-order valence-electron chi connectivity index (χ1n) is 15.7. The third-order valence-electron chi connectivity index (χ3n) is 8.05. The Labute approximate surface area is 280 Å². The average Bonchev–Trinajstić information content (AvgIpc) is 3.64. The predicted octanol–water partition coefficient (Wildman–Crippen LogP) is 5.97. The molecule has 1 heterocycles. The molecule has 4 aromatic carbocycles. The van der Waals surface area contributed by atoms with Gasteiger partial charge in [-0.3, -0.25) is 9.59 Å². The van der Waals surface area contributed by atoms with Gasteiger partial charge in [0.05, 0.1) is 34.5 Å². The third-order valence-corrected chi connectivity index (χ3v) is 8.05. The maximum atomic E-state index is 13.7. The van der Waals surface area contributed by atoms with Crippen molar-refractivity contribution in [3.63, 3.8) is 0 Å². The van der Waals surface area contributed by atoms with Crippen LogP contribution in [0.2, 0.25) is 0 Å². The van der Waals surface area contributed by atoms with Crippen molar-refractivity contribution in [3.8, 4) is 23.0 Å². The Morgan fingerprint density at radius 3 is 1.96 bits per heavy atom. The Morgan fingerprint density at radius 2 is 1.38 bits per heavy atom. The summed E-state index contributed by atoms with van der Waals surface area (Å²) in [5, 5.41) is 0. The maximum Gasteiger partial charge on any atom is 0.329 e. The number of amides is 1. The fourth-order valence-electron chi connectivity index (χ4n) is 5.52. The summed E-state index contributed by atoms with van der Waals surface area (Å²) in [7, 11) is 4.29. The molecule has 0 radical (unpaired) electrons. The van der Waals surface area contributed by atoms with Gasteiger partial charge < -0.3 is 33.3 Å². The van der Waals surface area contributed by atoms with Crippen LogP contribution in [0.5, 0.6) is 23.0 Å². The summed E-state index contributed by atoms with van der Waals surface area (Å²) in [4.78, 5) is 41.9. The number of carbonyl (C=O) groups is 3. The molecule has 4 aromatic rings. The number of rotatable bonds is 15. The van der Waals surface area contributed by atoms with E-state index in [-0.39, 0.29) is 30.2 Å². The van der Waals surface area contributed by atoms with Crippen molar-refractivity contribution in [2.75, 3.05) is 34.5 Å². The van der Waals surface area contributed by atoms with Gasteiger partial charge in [-0.25, -0.2) is 4.79 Å². The highest BCUT2D eigenvalue weighted by molar-refractivity contribution is 6.43. The van der Waals surface area contributed by atoms with Gasteiger partial charge >= 0.3 is 5.97 Å². The number of ether oxygens (including phenoxy) is 6. The molecule has 48 heavy (non-hydrogen) atoms. The average molecular weight is 654 g/mol. The van der Waals surface area contributed by atoms with Crippen LogP contribution in [0.3, 0.4) is 0 Å². The summed E-state index contributed by atoms with van der Waals surface area (Å²) >= 11 is 0. The summed E-state index contributed by atoms with van der Waals surface area (Å²) in [5.74, 6) is -0.807. The van der Waals surface area contributed by atoms with E-state index in [4.69, 9.17) is 28.4 Å². The first kappa shape index (κ1) is 34.0. The summed E-state index contributed by atoms with van der Waals surface area (Å²) < 4.78 is 34.0. The molecule has 0 N–H and O–H groups in total. The van der Waals surface area contributed by atoms with Gasteiger partial charge in [0.1, 0.15) is 18.4 Å². The molecule has 1 fully saturated rings. The van der Waals surface area contributed by atoms with Gasteiger partial charge in [0.25, 0.3) is 11.7 Å². The zero-order valence-corrected chi connectivity index (χ0v) is 27.3. The molecule has 0 spiro atoms. The molecule has 2 atom stereocenters. The zero-order valence-electron chi connectivity index (χ0n) is 27.3. The molecule has 0 aliphatic carbocycles. The highest BCUT2D eigenvalue weighted by atomic mass is 16.6. The van der Waals surface area contributed by atoms with Crippen LogP contribution < -0.4 is 18.9 Å². The largest absolute Gasteiger partial charge is 0.493 e. The number of methoxy groups -OCH3 is 3. The molecule has 1 aliphatic heterocycles. The van der Waals surface area contributed by atoms with Crippen molar-refractivity contribution in [2.45, 2.75) is 38.2 Å². The summed E-state index contributed by atoms with van der Waals surface area (Å²) in [6, 6.07) is 28.7. The van der Waals surface area contributed by atoms with Gasteiger partial charge in [-0.05, 0) is 53.8 Å². The number of Topliss-reactive ketones (excluding diaryl/α,β-unsaturated/α-hetero) is 1. The Hall–Kier alpha value is -5.35. The highest BCUT2D eigenvalue weighted by Crippen LogP contribution is 2.38. The maximum absolute atomic E-state index is 13.7. The van der Waals surface area contributed by atoms with E-state index in [2.05, 4.69) is 0 Å². The number of likely N-dealkylation sites (tertiary alicyclic amines) is 1. The molecule has 1 amide bonds. The molecular weight excluding hydrogens is 614 g/mol. The minimum absolute atomic E-state index is 0.0512. The molecular formula is C38H39NO9. The van der Waals surface area contributed by atoms with Crippen LogP contribution in [0.4, 0.5) is 0 Å². The van der Waals surface area contributed by atoms with E-state index in [9.17, 15) is 14.4 Å². The smallest absolute Gasteiger partial charge is 0.329 e. The molecule has 0 bridgehead atoms. The van der Waals surface area contributed by atoms with Crippen LogP contribution in [-0.2, 0) is 32.3 Å². The van der Waals surface area contributed by atoms with E-state index in [1.54, 1.807) is 0 Å². The number of esters is 1. The first-order valence-corrected chi connectivity index (χ1v) is 15.7. The normalized spacial score (nSPS) is 14.6. The highest BCUT2D eigenvalue weighted by Gasteiger charge is 2.39. The van der Waals surface area contributed by atoms with Crippen molar-refractivity contribution in [3.05, 3.63) is 119 Å². The van der Waals surface area contributed by atoms with E-state index >= 15 is 0 Å². The number of ketones is 1. The lowest BCUT2D eigenvalue weighted by atomic mass is 10.1. The van der Waals surface area contributed by atoms with Crippen LogP contribution in [0.1, 0.15) is 46.0 Å². The second-order valence-electron chi connectivity index (χ2n) is 11.2. The molecule has 10 heteroatoms. The number of nitrogens with zero attached hydrogens (tertiary/aromatic N) is 1. The second-order valence-corrected chi connectivity index (χ2v) is 11.2. The summed E-state index contributed by atoms with van der Waals surface area (Å²) in [6.45, 7) is 1.05. The zero-order chi connectivity index (χ0) is 33.9. The molecule has 1 aliphatic rings. The number of hydrogen-bond acceptors (Lipinski definition) is 9. The lowest BCUT2D eigenvalue weighted by Gasteiger charge is -2.26. The quantitative estimate of drug-likeness (QED) is 0.0871. The van der Waals surface area contributed by atoms with E-state index in [0.717, 1.165) is 11.1 Å². The van der Waals surface area contributed by atoms with E-state index in [0.29, 0.717) is 43.1 Å². The van der Waals surface area contributed by atoms with E-state index < -0.39 is 29.8 Å². The molecule has 5 rings (SSSR count). The Bertz CT molecular complexity index is 1650. The SMILES string of the molecule is COc1cc(C(=O)C(=O)N2CCCC2C(=O)OC(COCc2ccccc2)c2ccc(OCc3ccccc3)cc2)cc(OC)c1OC. The minimum Gasteiger partial charge on any atom is -0.493 e. The Morgan fingerprint density at radius 1 is 0.771 bits per heavy atom. The van der Waals surface area contributed by atoms with Gasteiger partial charge in [0, 0.05) is 12.1 Å². The van der Waals surface area contributed by atoms with Crippen LogP contribution in [0.25, 0.3) is 0 Å². The third kappa shape index (κ3) is 8.32. The lowest BCUT2D eigenvalue weighted by molar-refractivity contribution is -0.160. The number of carbonyl (C=O) groups excluding carboxylic acids is 3. The van der Waals surface area contributed by atoms with E-state index in [1.807, 2.05) is 84.9 Å². The van der Waals surface area contributed by atoms with Crippen molar-refractivity contribution < 1.29 is 42.8 Å². The predicted molar refractivity (Wildman–Crippen MR) is 177 cm³/mol. The standard InChI is InChI=1S/C38H39NO9/c1-43-32-21-29(22-33(44-2)36(32)45-3)35(40)37(41)39-20-10-15-31(39)38(42)48-34(25-46-23-26-11-6-4-7-12-26)28-16-18-30(19-17-28)47-24-27-13-8-5-9-14-27/h4-9,11-14,16-19,21-22,31,34H,10,15,20,23-25H2,1-3H3. The van der Waals surface area contributed by atoms with Crippen LogP contribution in [0.15, 0.2) is 97.1 Å². The topological polar surface area (TPSA) is 110 Å². The molecule has 0 saturated carbocycles. The fourth-order valence-corrected chi connectivity index (χ4v) is 5.52. The van der Waals surface area contributed by atoms with Crippen molar-refractivity contribution in [1.29, 1.82) is 0 Å². The van der Waals surface area contributed by atoms with Gasteiger partial charge in [0.15, 0.2) is 17.6 Å². The molecule has 250 valence electrons. The van der Waals surface area contributed by atoms with Crippen molar-refractivity contribution in [1.82, 2.24) is 4.90 Å². The molecule has 2 unspecified atom stereocenters. The summed E-state index contributed by atoms with van der Waals surface area (Å²) in [6.07, 6.45) is 0.126. The van der Waals surface area contributed by atoms with Gasteiger partial charge in [-0.1, -0.05) is 72.8 Å². The summed E-state index contributed by atoms with van der Waals surface area (Å²) in [5.41, 5.74) is 2.77. The Kier molecular flexibility index (Phi) is 11.7. The van der Waals surface area contributed by atoms with Crippen molar-refractivity contribution in [2.24, 2.45) is 0 Å². The van der Waals surface area contributed by atoms with Gasteiger partial charge in [0.2, 0.25) is 5.75 Å². The minimum atomic E-state index is -0.936. The number of benzene rings is 4. The fraction of sp³-hybridized carbons (Fsp3) is 0.289. The Balaban J connectivity index is 1.30. The number of hydrogen-bond donors (Lipinski definition) is 0. The molecule has 0 aromatic heterocycles. The van der Waals surface area contributed by atoms with Crippen LogP contribution >= 0.6 is 0 Å². The molecule has 10 nitrogen and oxygen atoms in total. The lowest BCUT2D eigenvalue weighted by Crippen LogP contribution is -2.45. The van der Waals surface area contributed by atoms with Gasteiger partial charge in [-0.15, -0.1) is 0 Å². The van der Waals surface area contributed by atoms with E-state index in [1.165, 1.54) is 38.4 Å². The van der Waals surface area contributed by atoms with Crippen LogP contribution in [-0.4, -0.2) is 63.1 Å². The van der Waals surface area contributed by atoms with Crippen molar-refractivity contribution >= 4 is 17.7 Å². The van der Waals surface area contributed by atoms with Crippen LogP contribution in [0, 0.1) is 0 Å². The second kappa shape index (κ2) is 16.5.